The van der Waals surface area contributed by atoms with Crippen LogP contribution in [-0.4, -0.2) is 34.6 Å². The highest BCUT2D eigenvalue weighted by molar-refractivity contribution is 6.24. The number of nitrogens with two attached hydrogens (primary N) is 1. The Kier molecular flexibility index (Phi) is 5.71. The maximum atomic E-state index is 13.8. The van der Waals surface area contributed by atoms with Gasteiger partial charge >= 0.3 is 0 Å². The molecular formula is C27H29N3O4. The Hall–Kier alpha value is -3.48. The Balaban J connectivity index is 1.63. The molecule has 176 valence electrons. The lowest BCUT2D eigenvalue weighted by Gasteiger charge is -2.36. The monoisotopic (exact) mass is 459 g/mol. The van der Waals surface area contributed by atoms with E-state index in [1.54, 1.807) is 30.3 Å². The van der Waals surface area contributed by atoms with E-state index in [-0.39, 0.29) is 11.8 Å². The van der Waals surface area contributed by atoms with Crippen LogP contribution in [0.4, 0.5) is 5.69 Å². The van der Waals surface area contributed by atoms with Gasteiger partial charge in [-0.05, 0) is 37.5 Å². The minimum atomic E-state index is -1.16. The molecule has 2 aromatic carbocycles. The van der Waals surface area contributed by atoms with Gasteiger partial charge in [-0.1, -0.05) is 67.3 Å². The number of carbonyl (C=O) groups is 4. The summed E-state index contributed by atoms with van der Waals surface area (Å²) in [5.41, 5.74) is 8.09. The topological polar surface area (TPSA) is 101 Å². The van der Waals surface area contributed by atoms with Crippen LogP contribution in [0.1, 0.15) is 49.3 Å². The number of aryl methyl sites for hydroxylation is 1. The Morgan fingerprint density at radius 1 is 0.853 bits per heavy atom. The second-order valence-electron chi connectivity index (χ2n) is 9.68. The molecule has 2 aliphatic heterocycles. The van der Waals surface area contributed by atoms with Crippen molar-refractivity contribution in [1.29, 1.82) is 0 Å². The highest BCUT2D eigenvalue weighted by atomic mass is 16.2. The molecule has 2 saturated heterocycles. The van der Waals surface area contributed by atoms with Crippen LogP contribution in [0.15, 0.2) is 54.6 Å². The average Bonchev–Trinajstić information content (AvgIpc) is 3.33. The normalized spacial score (nSPS) is 27.2. The summed E-state index contributed by atoms with van der Waals surface area (Å²) in [6.07, 6.45) is 4.47. The zero-order valence-electron chi connectivity index (χ0n) is 19.2. The number of benzene rings is 2. The summed E-state index contributed by atoms with van der Waals surface area (Å²) in [7, 11) is 0. The highest BCUT2D eigenvalue weighted by Crippen LogP contribution is 2.51. The zero-order valence-corrected chi connectivity index (χ0v) is 19.2. The summed E-state index contributed by atoms with van der Waals surface area (Å²) in [6.45, 7) is 1.96. The van der Waals surface area contributed by atoms with Crippen LogP contribution >= 0.6 is 0 Å². The van der Waals surface area contributed by atoms with Crippen LogP contribution in [0.2, 0.25) is 0 Å². The van der Waals surface area contributed by atoms with Gasteiger partial charge in [-0.3, -0.25) is 19.2 Å². The maximum Gasteiger partial charge on any atom is 0.241 e. The molecule has 4 atom stereocenters. The van der Waals surface area contributed by atoms with Gasteiger partial charge in [0.05, 0.1) is 23.6 Å². The van der Waals surface area contributed by atoms with Crippen molar-refractivity contribution >= 4 is 29.3 Å². The number of imide groups is 1. The van der Waals surface area contributed by atoms with Gasteiger partial charge in [0.15, 0.2) is 0 Å². The number of amides is 4. The van der Waals surface area contributed by atoms with E-state index in [0.717, 1.165) is 48.1 Å². The predicted molar refractivity (Wildman–Crippen MR) is 126 cm³/mol. The summed E-state index contributed by atoms with van der Waals surface area (Å²) in [4.78, 5) is 56.7. The summed E-state index contributed by atoms with van der Waals surface area (Å²) in [5.74, 6) is -3.86. The van der Waals surface area contributed by atoms with Gasteiger partial charge in [0.1, 0.15) is 6.04 Å². The Labute approximate surface area is 198 Å². The van der Waals surface area contributed by atoms with Gasteiger partial charge < -0.3 is 10.6 Å². The largest absolute Gasteiger partial charge is 0.368 e. The number of carbonyl (C=O) groups excluding carboxylic acids is 4. The van der Waals surface area contributed by atoms with Crippen LogP contribution in [0.25, 0.3) is 0 Å². The minimum absolute atomic E-state index is 0.171. The molecule has 0 spiro atoms. The van der Waals surface area contributed by atoms with Gasteiger partial charge in [0, 0.05) is 5.92 Å². The van der Waals surface area contributed by atoms with Crippen LogP contribution in [0.3, 0.4) is 0 Å². The Bertz CT molecular complexity index is 1120. The first-order valence-corrected chi connectivity index (χ1v) is 12.0. The number of hydrogen-bond donors (Lipinski definition) is 1. The number of nitrogens with zero attached hydrogens (tertiary/aromatic N) is 2. The van der Waals surface area contributed by atoms with E-state index in [1.165, 1.54) is 4.90 Å². The maximum absolute atomic E-state index is 13.8. The molecule has 7 nitrogen and oxygen atoms in total. The van der Waals surface area contributed by atoms with E-state index >= 15 is 0 Å². The van der Waals surface area contributed by atoms with E-state index in [1.807, 2.05) is 31.2 Å². The minimum Gasteiger partial charge on any atom is -0.368 e. The zero-order chi connectivity index (χ0) is 24.0. The molecule has 0 aromatic heterocycles. The summed E-state index contributed by atoms with van der Waals surface area (Å²) in [5, 5.41) is 0. The fourth-order valence-electron chi connectivity index (χ4n) is 6.01. The number of fused-ring (bicyclic) bond motifs is 1. The number of para-hydroxylation sites is 1. The molecule has 1 saturated carbocycles. The average molecular weight is 460 g/mol. The van der Waals surface area contributed by atoms with E-state index in [0.29, 0.717) is 5.69 Å². The molecule has 5 rings (SSSR count). The van der Waals surface area contributed by atoms with Crippen LogP contribution in [0.5, 0.6) is 0 Å². The third-order valence-electron chi connectivity index (χ3n) is 7.61. The van der Waals surface area contributed by atoms with Crippen molar-refractivity contribution in [2.75, 3.05) is 4.90 Å². The molecule has 3 fully saturated rings. The molecule has 0 radical (unpaired) electrons. The second kappa shape index (κ2) is 8.70. The quantitative estimate of drug-likeness (QED) is 0.710. The van der Waals surface area contributed by atoms with Crippen molar-refractivity contribution in [1.82, 2.24) is 4.90 Å². The second-order valence-corrected chi connectivity index (χ2v) is 9.68. The molecule has 3 aliphatic rings. The lowest BCUT2D eigenvalue weighted by molar-refractivity contribution is -0.145. The molecule has 1 aliphatic carbocycles. The van der Waals surface area contributed by atoms with E-state index in [2.05, 4.69) is 0 Å². The Morgan fingerprint density at radius 2 is 1.47 bits per heavy atom. The summed E-state index contributed by atoms with van der Waals surface area (Å²) < 4.78 is 0. The van der Waals surface area contributed by atoms with Crippen LogP contribution in [-0.2, 0) is 19.2 Å². The molecule has 7 heteroatoms. The molecule has 2 aromatic rings. The van der Waals surface area contributed by atoms with Crippen LogP contribution < -0.4 is 10.6 Å². The lowest BCUT2D eigenvalue weighted by Crippen LogP contribution is -2.52. The summed E-state index contributed by atoms with van der Waals surface area (Å²) in [6, 6.07) is 14.4. The van der Waals surface area contributed by atoms with Gasteiger partial charge in [0.25, 0.3) is 0 Å². The fraction of sp³-hybridized carbons (Fsp3) is 0.407. The van der Waals surface area contributed by atoms with Crippen molar-refractivity contribution < 1.29 is 19.2 Å². The van der Waals surface area contributed by atoms with Gasteiger partial charge in [-0.15, -0.1) is 0 Å². The Morgan fingerprint density at radius 3 is 2.09 bits per heavy atom. The third-order valence-corrected chi connectivity index (χ3v) is 7.61. The molecule has 2 N–H and O–H groups in total. The van der Waals surface area contributed by atoms with Gasteiger partial charge in [-0.2, -0.15) is 0 Å². The number of hydrogen-bond acceptors (Lipinski definition) is 4. The summed E-state index contributed by atoms with van der Waals surface area (Å²) >= 11 is 0. The number of likely N-dealkylation sites (tertiary alicyclic amines) is 1. The molecule has 34 heavy (non-hydrogen) atoms. The van der Waals surface area contributed by atoms with Gasteiger partial charge in [0.2, 0.25) is 23.6 Å². The van der Waals surface area contributed by atoms with Crippen LogP contribution in [0, 0.1) is 24.7 Å². The lowest BCUT2D eigenvalue weighted by atomic mass is 9.86. The van der Waals surface area contributed by atoms with E-state index in [4.69, 9.17) is 5.73 Å². The standard InChI is InChI=1S/C27H29N3O4/c1-16-12-14-17(15-13-16)22-20-21(27(34)29(26(20)33)19-10-6-3-7-11-19)23(24(28)31)30(22)25(32)18-8-4-2-5-9-18/h3,6-7,10-15,18,20-23H,2,4-5,8-9H2,1H3,(H2,28,31). The van der Waals surface area contributed by atoms with Crippen molar-refractivity contribution in [2.24, 2.45) is 23.5 Å². The number of rotatable bonds is 4. The van der Waals surface area contributed by atoms with Crippen molar-refractivity contribution in [3.63, 3.8) is 0 Å². The van der Waals surface area contributed by atoms with E-state index in [9.17, 15) is 19.2 Å². The van der Waals surface area contributed by atoms with Crippen molar-refractivity contribution in [3.05, 3.63) is 65.7 Å². The number of primary amides is 1. The third kappa shape index (κ3) is 3.50. The first-order chi connectivity index (χ1) is 16.4. The van der Waals surface area contributed by atoms with Gasteiger partial charge in [-0.25, -0.2) is 4.90 Å². The molecule has 4 unspecified atom stereocenters. The highest BCUT2D eigenvalue weighted by Gasteiger charge is 2.65. The van der Waals surface area contributed by atoms with E-state index < -0.39 is 41.6 Å². The SMILES string of the molecule is Cc1ccc(C2C3C(=O)N(c4ccccc4)C(=O)C3C(C(N)=O)N2C(=O)C2CCCCC2)cc1. The molecular weight excluding hydrogens is 430 g/mol. The first kappa shape index (κ1) is 22.3. The molecule has 2 heterocycles. The molecule has 0 bridgehead atoms. The molecule has 4 amide bonds. The first-order valence-electron chi connectivity index (χ1n) is 12.0. The smallest absolute Gasteiger partial charge is 0.241 e. The number of anilines is 1. The predicted octanol–water partition coefficient (Wildman–Crippen LogP) is 3.12. The van der Waals surface area contributed by atoms with Crippen molar-refractivity contribution in [3.8, 4) is 0 Å². The van der Waals surface area contributed by atoms with Crippen molar-refractivity contribution in [2.45, 2.75) is 51.1 Å². The fourth-order valence-corrected chi connectivity index (χ4v) is 6.01.